The number of carbonyl (C=O) groups excluding carboxylic acids is 1. The molecule has 1 amide bonds. The smallest absolute Gasteiger partial charge is 0.232 e. The summed E-state index contributed by atoms with van der Waals surface area (Å²) in [4.78, 5) is 16.4. The largest absolute Gasteiger partial charge is 0.440 e. The molecule has 0 fully saturated rings. The van der Waals surface area contributed by atoms with Gasteiger partial charge < -0.3 is 15.1 Å². The second kappa shape index (κ2) is 13.3. The third-order valence-corrected chi connectivity index (χ3v) is 5.02. The zero-order valence-electron chi connectivity index (χ0n) is 15.5. The Bertz CT molecular complexity index is 683. The summed E-state index contributed by atoms with van der Waals surface area (Å²) in [6.45, 7) is 7.50. The highest BCUT2D eigenvalue weighted by atomic mass is 35.5. The first kappa shape index (κ1) is 26.1. The molecule has 0 aliphatic rings. The van der Waals surface area contributed by atoms with E-state index in [1.54, 1.807) is 6.20 Å². The maximum Gasteiger partial charge on any atom is 0.232 e. The van der Waals surface area contributed by atoms with Gasteiger partial charge in [-0.2, -0.15) is 0 Å². The maximum atomic E-state index is 12.1. The minimum atomic E-state index is -0.167. The number of nitrogens with one attached hydrogen (secondary N) is 2. The van der Waals surface area contributed by atoms with Gasteiger partial charge in [-0.1, -0.05) is 18.5 Å². The van der Waals surface area contributed by atoms with Crippen LogP contribution in [0.5, 0.6) is 0 Å². The van der Waals surface area contributed by atoms with Crippen LogP contribution in [0.1, 0.15) is 26.7 Å². The summed E-state index contributed by atoms with van der Waals surface area (Å²) in [5, 5.41) is 6.73. The van der Waals surface area contributed by atoms with Gasteiger partial charge in [0.15, 0.2) is 5.76 Å². The van der Waals surface area contributed by atoms with Crippen LogP contribution in [0.4, 0.5) is 0 Å². The summed E-state index contributed by atoms with van der Waals surface area (Å²) in [5.41, 5.74) is 0.927. The zero-order chi connectivity index (χ0) is 18.2. The number of aromatic nitrogens is 1. The third kappa shape index (κ3) is 8.75. The lowest BCUT2D eigenvalue weighted by molar-refractivity contribution is -0.120. The van der Waals surface area contributed by atoms with Crippen molar-refractivity contribution in [3.05, 3.63) is 41.4 Å². The van der Waals surface area contributed by atoms with Gasteiger partial charge in [0.05, 0.1) is 17.2 Å². The standard InChI is InChI=1S/C18H24ClN3O2S.2ClH/c1-4-20-12(2)9-22-18(23)13(3)25-11-17-21-10-16(24-17)14-5-7-15(19)8-6-14;;/h5-8,10,12-13,20H,4,9,11H2,1-3H3,(H,22,23);2*1H/t12-,13?;;/m1../s1. The minimum Gasteiger partial charge on any atom is -0.440 e. The Kier molecular flexibility index (Phi) is 12.8. The lowest BCUT2D eigenvalue weighted by Gasteiger charge is -2.15. The van der Waals surface area contributed by atoms with Crippen molar-refractivity contribution < 1.29 is 9.21 Å². The number of likely N-dealkylation sites (N-methyl/N-ethyl adjacent to an activating group) is 1. The Morgan fingerprint density at radius 1 is 1.26 bits per heavy atom. The molecule has 2 aromatic rings. The SMILES string of the molecule is CCN[C@H](C)CNC(=O)C(C)SCc1ncc(-c2ccc(Cl)cc2)o1.Cl.Cl. The average Bonchev–Trinajstić information content (AvgIpc) is 3.07. The number of hydrogen-bond donors (Lipinski definition) is 2. The fourth-order valence-electron chi connectivity index (χ4n) is 2.21. The minimum absolute atomic E-state index is 0. The van der Waals surface area contributed by atoms with Crippen molar-refractivity contribution in [2.45, 2.75) is 37.8 Å². The Labute approximate surface area is 182 Å². The molecule has 152 valence electrons. The Morgan fingerprint density at radius 3 is 2.56 bits per heavy atom. The lowest BCUT2D eigenvalue weighted by atomic mass is 10.2. The number of rotatable bonds is 9. The maximum absolute atomic E-state index is 12.1. The first-order chi connectivity index (χ1) is 12.0. The summed E-state index contributed by atoms with van der Waals surface area (Å²) < 4.78 is 5.75. The van der Waals surface area contributed by atoms with Crippen molar-refractivity contribution in [3.63, 3.8) is 0 Å². The van der Waals surface area contributed by atoms with Gasteiger partial charge >= 0.3 is 0 Å². The lowest BCUT2D eigenvalue weighted by Crippen LogP contribution is -2.41. The van der Waals surface area contributed by atoms with Crippen molar-refractivity contribution in [1.29, 1.82) is 0 Å². The average molecular weight is 455 g/mol. The molecule has 0 radical (unpaired) electrons. The Hall–Kier alpha value is -0.920. The molecule has 1 heterocycles. The number of benzene rings is 1. The first-order valence-corrected chi connectivity index (χ1v) is 9.75. The van der Waals surface area contributed by atoms with Gasteiger partial charge in [-0.25, -0.2) is 4.98 Å². The summed E-state index contributed by atoms with van der Waals surface area (Å²) in [7, 11) is 0. The Morgan fingerprint density at radius 2 is 1.93 bits per heavy atom. The predicted octanol–water partition coefficient (Wildman–Crippen LogP) is 4.57. The van der Waals surface area contributed by atoms with Crippen LogP contribution in [0.25, 0.3) is 11.3 Å². The number of thioether (sulfide) groups is 1. The van der Waals surface area contributed by atoms with Gasteiger partial charge in [-0.3, -0.25) is 4.79 Å². The summed E-state index contributed by atoms with van der Waals surface area (Å²) in [5.74, 6) is 1.88. The molecule has 0 aliphatic heterocycles. The molecule has 0 aliphatic carbocycles. The normalized spacial score (nSPS) is 12.4. The Balaban J connectivity index is 0.00000338. The van der Waals surface area contributed by atoms with Gasteiger partial charge in [0.2, 0.25) is 11.8 Å². The van der Waals surface area contributed by atoms with Crippen LogP contribution >= 0.6 is 48.2 Å². The van der Waals surface area contributed by atoms with Crippen LogP contribution in [0, 0.1) is 0 Å². The van der Waals surface area contributed by atoms with E-state index < -0.39 is 0 Å². The molecule has 5 nitrogen and oxygen atoms in total. The number of nitrogens with zero attached hydrogens (tertiary/aromatic N) is 1. The van der Waals surface area contributed by atoms with E-state index in [4.69, 9.17) is 16.0 Å². The molecule has 2 rings (SSSR count). The van der Waals surface area contributed by atoms with Crippen LogP contribution in [0.3, 0.4) is 0 Å². The highest BCUT2D eigenvalue weighted by Gasteiger charge is 2.16. The van der Waals surface area contributed by atoms with Crippen LogP contribution in [0.15, 0.2) is 34.9 Å². The van der Waals surface area contributed by atoms with Gasteiger partial charge in [-0.05, 0) is 44.7 Å². The summed E-state index contributed by atoms with van der Waals surface area (Å²) >= 11 is 7.39. The van der Waals surface area contributed by atoms with Crippen LogP contribution in [-0.2, 0) is 10.5 Å². The number of carbonyl (C=O) groups is 1. The van der Waals surface area contributed by atoms with E-state index in [-0.39, 0.29) is 42.0 Å². The van der Waals surface area contributed by atoms with Crippen LogP contribution in [-0.4, -0.2) is 35.3 Å². The van der Waals surface area contributed by atoms with Crippen molar-refractivity contribution in [1.82, 2.24) is 15.6 Å². The fourth-order valence-corrected chi connectivity index (χ4v) is 3.10. The van der Waals surface area contributed by atoms with E-state index >= 15 is 0 Å². The molecular weight excluding hydrogens is 429 g/mol. The molecule has 9 heteroatoms. The first-order valence-electron chi connectivity index (χ1n) is 8.33. The van der Waals surface area contributed by atoms with Gasteiger partial charge in [0, 0.05) is 23.2 Å². The van der Waals surface area contributed by atoms with Crippen molar-refractivity contribution in [2.75, 3.05) is 13.1 Å². The van der Waals surface area contributed by atoms with Crippen molar-refractivity contribution >= 4 is 54.1 Å². The van der Waals surface area contributed by atoms with Crippen LogP contribution in [0.2, 0.25) is 5.02 Å². The predicted molar refractivity (Wildman–Crippen MR) is 118 cm³/mol. The van der Waals surface area contributed by atoms with Gasteiger partial charge in [0.25, 0.3) is 0 Å². The van der Waals surface area contributed by atoms with E-state index in [0.717, 1.165) is 12.1 Å². The molecular formula is C18H26Cl3N3O2S. The third-order valence-electron chi connectivity index (χ3n) is 3.64. The van der Waals surface area contributed by atoms with Crippen molar-refractivity contribution in [2.24, 2.45) is 0 Å². The molecule has 1 aromatic carbocycles. The van der Waals surface area contributed by atoms with Gasteiger partial charge in [0.1, 0.15) is 0 Å². The van der Waals surface area contributed by atoms with E-state index in [9.17, 15) is 4.79 Å². The molecule has 2 N–H and O–H groups in total. The van der Waals surface area contributed by atoms with E-state index in [0.29, 0.717) is 29.0 Å². The molecule has 2 atom stereocenters. The number of hydrogen-bond acceptors (Lipinski definition) is 5. The van der Waals surface area contributed by atoms with Gasteiger partial charge in [-0.15, -0.1) is 36.6 Å². The number of oxazole rings is 1. The summed E-state index contributed by atoms with van der Waals surface area (Å²) in [6, 6.07) is 7.67. The highest BCUT2D eigenvalue weighted by molar-refractivity contribution is 7.99. The highest BCUT2D eigenvalue weighted by Crippen LogP contribution is 2.25. The molecule has 27 heavy (non-hydrogen) atoms. The molecule has 1 aromatic heterocycles. The molecule has 0 spiro atoms. The van der Waals surface area contributed by atoms with Crippen molar-refractivity contribution in [3.8, 4) is 11.3 Å². The number of amides is 1. The number of halogens is 3. The molecule has 1 unspecified atom stereocenters. The van der Waals surface area contributed by atoms with E-state index in [2.05, 4.69) is 15.6 Å². The van der Waals surface area contributed by atoms with E-state index in [1.807, 2.05) is 45.0 Å². The monoisotopic (exact) mass is 453 g/mol. The second-order valence-corrected chi connectivity index (χ2v) is 7.55. The molecule has 0 saturated carbocycles. The molecule has 0 saturated heterocycles. The topological polar surface area (TPSA) is 67.2 Å². The second-order valence-electron chi connectivity index (χ2n) is 5.78. The zero-order valence-corrected chi connectivity index (χ0v) is 18.7. The van der Waals surface area contributed by atoms with Crippen LogP contribution < -0.4 is 10.6 Å². The quantitative estimate of drug-likeness (QED) is 0.581. The summed E-state index contributed by atoms with van der Waals surface area (Å²) in [6.07, 6.45) is 1.70. The molecule has 0 bridgehead atoms. The fraction of sp³-hybridized carbons (Fsp3) is 0.444. The van der Waals surface area contributed by atoms with E-state index in [1.165, 1.54) is 11.8 Å².